The van der Waals surface area contributed by atoms with Crippen molar-refractivity contribution in [3.63, 3.8) is 0 Å². The van der Waals surface area contributed by atoms with Crippen molar-refractivity contribution in [2.24, 2.45) is 5.73 Å². The first-order chi connectivity index (χ1) is 17.1. The number of carbonyl (C=O) groups is 2. The maximum absolute atomic E-state index is 13.6. The van der Waals surface area contributed by atoms with Crippen LogP contribution in [0.15, 0.2) is 65.6 Å². The number of carboxylic acids is 1. The van der Waals surface area contributed by atoms with E-state index in [0.717, 1.165) is 15.3 Å². The number of carbonyl (C=O) groups excluding carboxylic acids is 1. The Morgan fingerprint density at radius 3 is 2.61 bits per heavy atom. The molecule has 188 valence electrons. The van der Waals surface area contributed by atoms with Gasteiger partial charge >= 0.3 is 5.97 Å². The fraction of sp³-hybridized carbons (Fsp3) is 0.240. The number of amides is 1. The fourth-order valence-electron chi connectivity index (χ4n) is 4.33. The number of hydrogen-bond acceptors (Lipinski definition) is 6. The van der Waals surface area contributed by atoms with Crippen molar-refractivity contribution < 1.29 is 27.9 Å². The Morgan fingerprint density at radius 1 is 1.17 bits per heavy atom. The zero-order valence-electron chi connectivity index (χ0n) is 19.5. The van der Waals surface area contributed by atoms with Gasteiger partial charge in [0.25, 0.3) is 0 Å². The summed E-state index contributed by atoms with van der Waals surface area (Å²) in [6, 6.07) is 15.4. The van der Waals surface area contributed by atoms with Crippen molar-refractivity contribution in [1.29, 1.82) is 5.41 Å². The van der Waals surface area contributed by atoms with Gasteiger partial charge in [-0.2, -0.15) is 4.31 Å². The molecule has 11 heteroatoms. The molecule has 1 atom stereocenters. The molecule has 0 unspecified atom stereocenters. The summed E-state index contributed by atoms with van der Waals surface area (Å²) in [7, 11) is -2.81. The quantitative estimate of drug-likeness (QED) is 0.294. The van der Waals surface area contributed by atoms with E-state index in [-0.39, 0.29) is 30.2 Å². The highest BCUT2D eigenvalue weighted by Gasteiger charge is 2.43. The van der Waals surface area contributed by atoms with E-state index in [4.69, 9.17) is 15.9 Å². The lowest BCUT2D eigenvalue weighted by molar-refractivity contribution is -0.138. The normalized spacial score (nSPS) is 16.0. The van der Waals surface area contributed by atoms with Gasteiger partial charge in [-0.1, -0.05) is 30.3 Å². The average molecular weight is 511 g/mol. The predicted molar refractivity (Wildman–Crippen MR) is 133 cm³/mol. The Bertz CT molecular complexity index is 1460. The molecular weight excluding hydrogens is 484 g/mol. The van der Waals surface area contributed by atoms with Crippen LogP contribution in [-0.2, 0) is 26.2 Å². The molecule has 10 nitrogen and oxygen atoms in total. The zero-order chi connectivity index (χ0) is 26.0. The second-order valence-electron chi connectivity index (χ2n) is 8.50. The van der Waals surface area contributed by atoms with Crippen LogP contribution < -0.4 is 10.5 Å². The molecule has 1 amide bonds. The molecule has 0 spiro atoms. The molecule has 3 aromatic carbocycles. The number of nitrogen functional groups attached to an aromatic ring is 1. The first-order valence-electron chi connectivity index (χ1n) is 11.1. The van der Waals surface area contributed by atoms with Gasteiger partial charge in [-0.15, -0.1) is 0 Å². The van der Waals surface area contributed by atoms with Gasteiger partial charge in [-0.3, -0.25) is 15.0 Å². The van der Waals surface area contributed by atoms with E-state index >= 15 is 0 Å². The molecule has 4 rings (SSSR count). The van der Waals surface area contributed by atoms with Gasteiger partial charge in [-0.05, 0) is 53.1 Å². The first kappa shape index (κ1) is 25.1. The zero-order valence-corrected chi connectivity index (χ0v) is 20.4. The van der Waals surface area contributed by atoms with Gasteiger partial charge < -0.3 is 20.5 Å². The number of sulfonamides is 1. The number of fused-ring (bicyclic) bond motifs is 1. The van der Waals surface area contributed by atoms with Crippen molar-refractivity contribution in [3.8, 4) is 5.75 Å². The maximum Gasteiger partial charge on any atom is 0.318 e. The molecule has 0 bridgehead atoms. The Kier molecular flexibility index (Phi) is 6.95. The minimum Gasteiger partial charge on any atom is -0.497 e. The number of aliphatic carboxylic acids is 1. The second kappa shape index (κ2) is 9.96. The lowest BCUT2D eigenvalue weighted by Crippen LogP contribution is -2.47. The predicted octanol–water partition coefficient (Wildman–Crippen LogP) is 2.01. The lowest BCUT2D eigenvalue weighted by Gasteiger charge is -2.26. The van der Waals surface area contributed by atoms with E-state index < -0.39 is 34.5 Å². The van der Waals surface area contributed by atoms with E-state index in [1.54, 1.807) is 48.5 Å². The summed E-state index contributed by atoms with van der Waals surface area (Å²) < 4.78 is 33.2. The third-order valence-corrected chi connectivity index (χ3v) is 8.00. The molecule has 0 saturated carbocycles. The maximum atomic E-state index is 13.6. The Hall–Kier alpha value is -3.96. The summed E-state index contributed by atoms with van der Waals surface area (Å²) >= 11 is 0. The minimum atomic E-state index is -4.32. The van der Waals surface area contributed by atoms with Crippen LogP contribution in [0.25, 0.3) is 10.8 Å². The van der Waals surface area contributed by atoms with Crippen LogP contribution in [0.3, 0.4) is 0 Å². The van der Waals surface area contributed by atoms with Crippen molar-refractivity contribution >= 4 is 38.5 Å². The van der Waals surface area contributed by atoms with Crippen molar-refractivity contribution in [3.05, 3.63) is 71.8 Å². The Balaban J connectivity index is 1.63. The number of nitrogens with one attached hydrogen (secondary N) is 1. The highest BCUT2D eigenvalue weighted by molar-refractivity contribution is 7.89. The summed E-state index contributed by atoms with van der Waals surface area (Å²) in [6.07, 6.45) is 0.152. The van der Waals surface area contributed by atoms with Crippen molar-refractivity contribution in [2.45, 2.75) is 23.9 Å². The van der Waals surface area contributed by atoms with Gasteiger partial charge in [0.15, 0.2) is 0 Å². The van der Waals surface area contributed by atoms with E-state index in [1.165, 1.54) is 24.1 Å². The second-order valence-corrected chi connectivity index (χ2v) is 10.4. The highest BCUT2D eigenvalue weighted by Crippen LogP contribution is 2.29. The van der Waals surface area contributed by atoms with E-state index in [1.807, 2.05) is 0 Å². The molecule has 0 radical (unpaired) electrons. The number of nitrogens with two attached hydrogens (primary N) is 1. The molecule has 3 aromatic rings. The van der Waals surface area contributed by atoms with Crippen LogP contribution in [0, 0.1) is 5.41 Å². The molecule has 1 aliphatic heterocycles. The summed E-state index contributed by atoms with van der Waals surface area (Å²) in [5.74, 6) is -1.39. The molecule has 1 saturated heterocycles. The molecule has 0 aliphatic carbocycles. The van der Waals surface area contributed by atoms with E-state index in [9.17, 15) is 23.1 Å². The number of nitrogens with zero attached hydrogens (tertiary/aromatic N) is 2. The van der Waals surface area contributed by atoms with E-state index in [2.05, 4.69) is 0 Å². The van der Waals surface area contributed by atoms with Gasteiger partial charge in [-0.25, -0.2) is 8.42 Å². The average Bonchev–Trinajstić information content (AvgIpc) is 3.21. The Morgan fingerprint density at radius 2 is 1.92 bits per heavy atom. The SMILES string of the molecule is COc1ccc2ccc(S(=O)(=O)N(CC(=O)O)[C@H]3CCN(Cc4cccc(C(=N)N)c4)C3=O)cc2c1. The molecule has 0 aromatic heterocycles. The number of methoxy groups -OCH3 is 1. The Labute approximate surface area is 208 Å². The summed E-state index contributed by atoms with van der Waals surface area (Å²) in [6.45, 7) is -0.399. The first-order valence-corrected chi connectivity index (χ1v) is 12.6. The van der Waals surface area contributed by atoms with Gasteiger partial charge in [0, 0.05) is 18.7 Å². The molecule has 1 fully saturated rings. The highest BCUT2D eigenvalue weighted by atomic mass is 32.2. The fourth-order valence-corrected chi connectivity index (χ4v) is 5.92. The molecule has 1 aliphatic rings. The van der Waals surface area contributed by atoms with Gasteiger partial charge in [0.1, 0.15) is 24.2 Å². The monoisotopic (exact) mass is 510 g/mol. The number of rotatable bonds is 9. The molecule has 36 heavy (non-hydrogen) atoms. The molecular formula is C25H26N4O6S. The number of benzene rings is 3. The number of amidine groups is 1. The number of hydrogen-bond donors (Lipinski definition) is 3. The number of likely N-dealkylation sites (tertiary alicyclic amines) is 1. The van der Waals surface area contributed by atoms with Crippen LogP contribution in [0.1, 0.15) is 17.5 Å². The summed E-state index contributed by atoms with van der Waals surface area (Å²) in [5.41, 5.74) is 6.79. The van der Waals surface area contributed by atoms with Crippen molar-refractivity contribution in [1.82, 2.24) is 9.21 Å². The molecule has 4 N–H and O–H groups in total. The smallest absolute Gasteiger partial charge is 0.318 e. The standard InChI is InChI=1S/C25H26N4O6S/c1-35-20-7-5-17-6-8-21(13-19(17)12-20)36(33,34)29(15-23(30)31)22-9-10-28(25(22)32)14-16-3-2-4-18(11-16)24(26)27/h2-8,11-13,22H,9-10,14-15H2,1H3,(H3,26,27)(H,30,31)/t22-/m0/s1. The van der Waals surface area contributed by atoms with Crippen molar-refractivity contribution in [2.75, 3.05) is 20.2 Å². The van der Waals surface area contributed by atoms with Gasteiger partial charge in [0.05, 0.1) is 12.0 Å². The third-order valence-electron chi connectivity index (χ3n) is 6.14. The summed E-state index contributed by atoms with van der Waals surface area (Å²) in [5, 5.41) is 18.5. The third kappa shape index (κ3) is 5.02. The largest absolute Gasteiger partial charge is 0.497 e. The van der Waals surface area contributed by atoms with Crippen LogP contribution in [0.2, 0.25) is 0 Å². The van der Waals surface area contributed by atoms with Crippen LogP contribution in [0.5, 0.6) is 5.75 Å². The minimum absolute atomic E-state index is 0.103. The van der Waals surface area contributed by atoms with Crippen LogP contribution in [-0.4, -0.2) is 66.7 Å². The number of ether oxygens (including phenoxy) is 1. The van der Waals surface area contributed by atoms with Gasteiger partial charge in [0.2, 0.25) is 15.9 Å². The van der Waals surface area contributed by atoms with Crippen LogP contribution >= 0.6 is 0 Å². The topological polar surface area (TPSA) is 154 Å². The summed E-state index contributed by atoms with van der Waals surface area (Å²) in [4.78, 5) is 26.3. The van der Waals surface area contributed by atoms with E-state index in [0.29, 0.717) is 16.7 Å². The number of carboxylic acid groups (broad SMARTS) is 1. The molecule has 1 heterocycles. The lowest BCUT2D eigenvalue weighted by atomic mass is 10.1. The van der Waals surface area contributed by atoms with Crippen LogP contribution in [0.4, 0.5) is 0 Å².